The van der Waals surface area contributed by atoms with Crippen LogP contribution in [0.2, 0.25) is 0 Å². The lowest BCUT2D eigenvalue weighted by molar-refractivity contribution is -0.136. The maximum atomic E-state index is 12.4. The number of anilines is 1. The van der Waals surface area contributed by atoms with Crippen molar-refractivity contribution in [3.63, 3.8) is 0 Å². The van der Waals surface area contributed by atoms with Gasteiger partial charge in [0.2, 0.25) is 5.91 Å². The molecule has 0 unspecified atom stereocenters. The van der Waals surface area contributed by atoms with Crippen molar-refractivity contribution in [2.24, 2.45) is 0 Å². The number of benzene rings is 1. The van der Waals surface area contributed by atoms with E-state index in [2.05, 4.69) is 15.3 Å². The van der Waals surface area contributed by atoms with E-state index in [-0.39, 0.29) is 59.3 Å². The quantitative estimate of drug-likeness (QED) is 0.369. The van der Waals surface area contributed by atoms with Crippen LogP contribution in [-0.4, -0.2) is 42.3 Å². The van der Waals surface area contributed by atoms with Gasteiger partial charge in [0, 0.05) is 29.0 Å². The van der Waals surface area contributed by atoms with Gasteiger partial charge in [0.25, 0.3) is 0 Å². The minimum absolute atomic E-state index is 0.00941. The number of nitriles is 1. The monoisotopic (exact) mass is 440 g/mol. The van der Waals surface area contributed by atoms with E-state index in [1.807, 2.05) is 6.07 Å². The molecular formula is C20H16N4O6S. The third kappa shape index (κ3) is 5.26. The Morgan fingerprint density at radius 3 is 2.52 bits per heavy atom. The van der Waals surface area contributed by atoms with Crippen molar-refractivity contribution < 1.29 is 30.0 Å². The number of nitrogens with one attached hydrogen (secondary N) is 1. The van der Waals surface area contributed by atoms with Crippen LogP contribution in [-0.2, 0) is 22.4 Å². The van der Waals surface area contributed by atoms with Crippen molar-refractivity contribution in [3.8, 4) is 34.0 Å². The average Bonchev–Trinajstić information content (AvgIpc) is 3.14. The summed E-state index contributed by atoms with van der Waals surface area (Å²) in [5.74, 6) is -2.27. The fourth-order valence-electron chi connectivity index (χ4n) is 2.74. The second-order valence-electron chi connectivity index (χ2n) is 6.41. The van der Waals surface area contributed by atoms with Crippen molar-refractivity contribution in [2.75, 3.05) is 5.32 Å². The number of aliphatic carboxylic acids is 1. The summed E-state index contributed by atoms with van der Waals surface area (Å²) >= 11 is 1.19. The van der Waals surface area contributed by atoms with E-state index in [1.54, 1.807) is 12.1 Å². The van der Waals surface area contributed by atoms with Crippen molar-refractivity contribution in [1.29, 1.82) is 5.26 Å². The Morgan fingerprint density at radius 1 is 1.16 bits per heavy atom. The molecule has 2 aromatic heterocycles. The lowest BCUT2D eigenvalue weighted by Gasteiger charge is -2.09. The molecule has 5 N–H and O–H groups in total. The molecule has 11 heteroatoms. The summed E-state index contributed by atoms with van der Waals surface area (Å²) in [5.41, 5.74) is 0.135. The molecule has 0 aliphatic heterocycles. The van der Waals surface area contributed by atoms with Crippen LogP contribution in [0.25, 0.3) is 10.7 Å². The molecule has 1 amide bonds. The Kier molecular flexibility index (Phi) is 6.32. The molecule has 0 bridgehead atoms. The Labute approximate surface area is 179 Å². The topological polar surface area (TPSA) is 177 Å². The Morgan fingerprint density at radius 2 is 1.87 bits per heavy atom. The van der Waals surface area contributed by atoms with E-state index in [4.69, 9.17) is 5.11 Å². The zero-order chi connectivity index (χ0) is 22.5. The summed E-state index contributed by atoms with van der Waals surface area (Å²) in [6.45, 7) is 0. The number of carbonyl (C=O) groups excluding carboxylic acids is 1. The van der Waals surface area contributed by atoms with Gasteiger partial charge in [-0.3, -0.25) is 9.59 Å². The number of hydrogen-bond donors (Lipinski definition) is 5. The van der Waals surface area contributed by atoms with E-state index >= 15 is 0 Å². The molecule has 10 nitrogen and oxygen atoms in total. The summed E-state index contributed by atoms with van der Waals surface area (Å²) in [6, 6.07) is 7.30. The summed E-state index contributed by atoms with van der Waals surface area (Å²) in [5, 5.41) is 49.7. The van der Waals surface area contributed by atoms with Gasteiger partial charge in [-0.2, -0.15) is 5.26 Å². The molecule has 0 atom stereocenters. The van der Waals surface area contributed by atoms with Crippen molar-refractivity contribution >= 4 is 29.0 Å². The summed E-state index contributed by atoms with van der Waals surface area (Å²) in [7, 11) is 0. The minimum atomic E-state index is -0.965. The predicted molar refractivity (Wildman–Crippen MR) is 110 cm³/mol. The SMILES string of the molecule is N#Cc1cnc(-c2ccc(CC(=O)O)s2)nc1NC(=O)CCc1c(O)cc(O)cc1O. The lowest BCUT2D eigenvalue weighted by Crippen LogP contribution is -2.15. The number of phenolic OH excluding ortho intramolecular Hbond substituents is 3. The van der Waals surface area contributed by atoms with Crippen LogP contribution < -0.4 is 5.32 Å². The van der Waals surface area contributed by atoms with Gasteiger partial charge in [-0.1, -0.05) is 0 Å². The fourth-order valence-corrected chi connectivity index (χ4v) is 3.68. The van der Waals surface area contributed by atoms with Crippen molar-refractivity contribution in [1.82, 2.24) is 9.97 Å². The number of carboxylic acid groups (broad SMARTS) is 1. The zero-order valence-corrected chi connectivity index (χ0v) is 16.7. The van der Waals surface area contributed by atoms with Gasteiger partial charge < -0.3 is 25.7 Å². The number of carboxylic acids is 1. The highest BCUT2D eigenvalue weighted by molar-refractivity contribution is 7.15. The molecule has 31 heavy (non-hydrogen) atoms. The summed E-state index contributed by atoms with van der Waals surface area (Å²) in [4.78, 5) is 32.7. The van der Waals surface area contributed by atoms with Crippen LogP contribution in [0.3, 0.4) is 0 Å². The van der Waals surface area contributed by atoms with Gasteiger partial charge >= 0.3 is 5.97 Å². The molecule has 158 valence electrons. The predicted octanol–water partition coefficient (Wildman–Crippen LogP) is 2.39. The second kappa shape index (κ2) is 9.10. The first-order valence-corrected chi connectivity index (χ1v) is 9.70. The van der Waals surface area contributed by atoms with E-state index in [0.717, 1.165) is 12.1 Å². The van der Waals surface area contributed by atoms with E-state index in [9.17, 15) is 30.2 Å². The van der Waals surface area contributed by atoms with Crippen LogP contribution in [0.5, 0.6) is 17.2 Å². The largest absolute Gasteiger partial charge is 0.508 e. The molecule has 0 aliphatic rings. The highest BCUT2D eigenvalue weighted by Gasteiger charge is 2.16. The standard InChI is InChI=1S/C20H16N4O6S/c21-8-10-9-22-20(16-3-1-12(31-16)7-18(29)30)24-19(10)23-17(28)4-2-13-14(26)5-11(25)6-15(13)27/h1,3,5-6,9,25-27H,2,4,7H2,(H,29,30)(H,22,23,24,28). The normalized spacial score (nSPS) is 10.4. The number of aromatic hydroxyl groups is 3. The number of nitrogens with zero attached hydrogens (tertiary/aromatic N) is 3. The van der Waals surface area contributed by atoms with E-state index in [0.29, 0.717) is 9.75 Å². The van der Waals surface area contributed by atoms with Crippen molar-refractivity contribution in [3.05, 3.63) is 46.5 Å². The number of aromatic nitrogens is 2. The van der Waals surface area contributed by atoms with Crippen LogP contribution in [0, 0.1) is 11.3 Å². The average molecular weight is 440 g/mol. The molecule has 0 saturated heterocycles. The van der Waals surface area contributed by atoms with Crippen LogP contribution >= 0.6 is 11.3 Å². The number of phenols is 3. The lowest BCUT2D eigenvalue weighted by atomic mass is 10.1. The molecule has 0 radical (unpaired) electrons. The molecule has 0 aliphatic carbocycles. The Bertz CT molecular complexity index is 1180. The Balaban J connectivity index is 1.75. The number of thiophene rings is 1. The van der Waals surface area contributed by atoms with Crippen LogP contribution in [0.4, 0.5) is 5.82 Å². The maximum absolute atomic E-state index is 12.4. The Hall–Kier alpha value is -4.17. The molecule has 2 heterocycles. The second-order valence-corrected chi connectivity index (χ2v) is 7.58. The van der Waals surface area contributed by atoms with E-state index < -0.39 is 11.9 Å². The third-order valence-corrected chi connectivity index (χ3v) is 5.25. The number of amides is 1. The summed E-state index contributed by atoms with van der Waals surface area (Å²) in [6.07, 6.45) is 0.957. The first kappa shape index (κ1) is 21.5. The van der Waals surface area contributed by atoms with Gasteiger partial charge in [-0.25, -0.2) is 9.97 Å². The van der Waals surface area contributed by atoms with E-state index in [1.165, 1.54) is 17.5 Å². The molecule has 3 aromatic rings. The molecule has 0 saturated carbocycles. The number of carbonyl (C=O) groups is 2. The molecule has 3 rings (SSSR count). The van der Waals surface area contributed by atoms with Gasteiger partial charge in [0.05, 0.1) is 17.5 Å². The molecule has 1 aromatic carbocycles. The molecular weight excluding hydrogens is 424 g/mol. The first-order valence-electron chi connectivity index (χ1n) is 8.88. The van der Waals surface area contributed by atoms with Gasteiger partial charge in [0.1, 0.15) is 28.9 Å². The molecule has 0 spiro atoms. The fraction of sp³-hybridized carbons (Fsp3) is 0.150. The first-order chi connectivity index (χ1) is 14.8. The smallest absolute Gasteiger partial charge is 0.308 e. The van der Waals surface area contributed by atoms with Gasteiger partial charge in [0.15, 0.2) is 11.6 Å². The summed E-state index contributed by atoms with van der Waals surface area (Å²) < 4.78 is 0. The van der Waals surface area contributed by atoms with Crippen molar-refractivity contribution in [2.45, 2.75) is 19.3 Å². The van der Waals surface area contributed by atoms with Gasteiger partial charge in [-0.05, 0) is 18.6 Å². The zero-order valence-electron chi connectivity index (χ0n) is 15.9. The van der Waals surface area contributed by atoms with Crippen LogP contribution in [0.1, 0.15) is 22.4 Å². The molecule has 0 fully saturated rings. The highest BCUT2D eigenvalue weighted by Crippen LogP contribution is 2.33. The third-order valence-electron chi connectivity index (χ3n) is 4.16. The maximum Gasteiger partial charge on any atom is 0.308 e. The minimum Gasteiger partial charge on any atom is -0.508 e. The number of hydrogen-bond acceptors (Lipinski definition) is 9. The highest BCUT2D eigenvalue weighted by atomic mass is 32.1. The number of rotatable bonds is 7. The van der Waals surface area contributed by atoms with Gasteiger partial charge in [-0.15, -0.1) is 11.3 Å². The van der Waals surface area contributed by atoms with Crippen LogP contribution in [0.15, 0.2) is 30.5 Å².